The minimum absolute atomic E-state index is 0.0368. The van der Waals surface area contributed by atoms with Crippen LogP contribution in [0.1, 0.15) is 36.9 Å². The molecule has 7 nitrogen and oxygen atoms in total. The molecular weight excluding hydrogens is 398 g/mol. The zero-order valence-electron chi connectivity index (χ0n) is 18.2. The summed E-state index contributed by atoms with van der Waals surface area (Å²) in [6, 6.07) is 11.1. The van der Waals surface area contributed by atoms with Crippen LogP contribution in [0.15, 0.2) is 48.0 Å². The number of Topliss-reactive ketones (excluding diaryl/α,β-unsaturated/α-hetero) is 1. The van der Waals surface area contributed by atoms with E-state index < -0.39 is 17.7 Å². The Labute approximate surface area is 181 Å². The minimum Gasteiger partial charge on any atom is -0.507 e. The van der Waals surface area contributed by atoms with Crippen molar-refractivity contribution in [1.82, 2.24) is 4.90 Å². The number of benzene rings is 2. The van der Waals surface area contributed by atoms with Crippen molar-refractivity contribution in [2.24, 2.45) is 0 Å². The van der Waals surface area contributed by atoms with Gasteiger partial charge in [0.25, 0.3) is 11.7 Å². The van der Waals surface area contributed by atoms with Gasteiger partial charge in [-0.1, -0.05) is 13.3 Å². The first-order chi connectivity index (χ1) is 15.0. The predicted molar refractivity (Wildman–Crippen MR) is 116 cm³/mol. The third-order valence-electron chi connectivity index (χ3n) is 5.39. The van der Waals surface area contributed by atoms with E-state index in [1.54, 1.807) is 56.7 Å². The van der Waals surface area contributed by atoms with Gasteiger partial charge in [0, 0.05) is 23.7 Å². The molecule has 1 heterocycles. The molecule has 164 valence electrons. The van der Waals surface area contributed by atoms with Crippen molar-refractivity contribution in [3.63, 3.8) is 0 Å². The molecular formula is C24H27NO6. The molecule has 0 aliphatic carbocycles. The van der Waals surface area contributed by atoms with Gasteiger partial charge in [0.15, 0.2) is 0 Å². The van der Waals surface area contributed by atoms with Gasteiger partial charge in [-0.15, -0.1) is 0 Å². The van der Waals surface area contributed by atoms with Crippen LogP contribution in [-0.2, 0) is 9.59 Å². The lowest BCUT2D eigenvalue weighted by atomic mass is 9.94. The maximum absolute atomic E-state index is 13.0. The van der Waals surface area contributed by atoms with E-state index in [1.807, 2.05) is 6.92 Å². The second-order valence-corrected chi connectivity index (χ2v) is 7.18. The van der Waals surface area contributed by atoms with Crippen LogP contribution in [0.25, 0.3) is 5.76 Å². The predicted octanol–water partition coefficient (Wildman–Crippen LogP) is 3.93. The lowest BCUT2D eigenvalue weighted by Crippen LogP contribution is -2.30. The minimum atomic E-state index is -0.769. The van der Waals surface area contributed by atoms with E-state index in [4.69, 9.17) is 14.2 Å². The molecule has 3 rings (SSSR count). The number of nitrogens with zero attached hydrogens (tertiary/aromatic N) is 1. The van der Waals surface area contributed by atoms with Gasteiger partial charge < -0.3 is 24.2 Å². The first-order valence-corrected chi connectivity index (χ1v) is 10.1. The Bertz CT molecular complexity index is 996. The Morgan fingerprint density at radius 2 is 1.61 bits per heavy atom. The number of carbonyl (C=O) groups excluding carboxylic acids is 2. The molecule has 1 atom stereocenters. The fraction of sp³-hybridized carbons (Fsp3) is 0.333. The van der Waals surface area contributed by atoms with Crippen molar-refractivity contribution >= 4 is 17.4 Å². The number of carbonyl (C=O) groups is 2. The SMILES string of the molecule is CCCCN1C(=O)C(=O)/C(=C(/O)c2ccc(OC)cc2)[C@H]1c1ccc(OC)cc1OC. The van der Waals surface area contributed by atoms with Crippen molar-refractivity contribution in [3.8, 4) is 17.2 Å². The number of methoxy groups -OCH3 is 3. The molecule has 7 heteroatoms. The number of likely N-dealkylation sites (tertiary alicyclic amines) is 1. The van der Waals surface area contributed by atoms with E-state index in [0.29, 0.717) is 34.9 Å². The summed E-state index contributed by atoms with van der Waals surface area (Å²) >= 11 is 0. The molecule has 1 N–H and O–H groups in total. The third kappa shape index (κ3) is 4.21. The first-order valence-electron chi connectivity index (χ1n) is 10.1. The molecule has 2 aromatic rings. The summed E-state index contributed by atoms with van der Waals surface area (Å²) in [7, 11) is 4.61. The van der Waals surface area contributed by atoms with Crippen LogP contribution >= 0.6 is 0 Å². The van der Waals surface area contributed by atoms with Crippen molar-refractivity contribution in [3.05, 3.63) is 59.2 Å². The molecule has 1 aliphatic heterocycles. The van der Waals surface area contributed by atoms with Crippen LogP contribution in [0.2, 0.25) is 0 Å². The largest absolute Gasteiger partial charge is 0.507 e. The summed E-state index contributed by atoms with van der Waals surface area (Å²) in [4.78, 5) is 27.4. The average Bonchev–Trinajstić information content (AvgIpc) is 3.06. The average molecular weight is 425 g/mol. The van der Waals surface area contributed by atoms with Crippen LogP contribution < -0.4 is 14.2 Å². The van der Waals surface area contributed by atoms with Crippen molar-refractivity contribution in [2.45, 2.75) is 25.8 Å². The van der Waals surface area contributed by atoms with Gasteiger partial charge in [-0.05, 0) is 42.8 Å². The maximum Gasteiger partial charge on any atom is 0.295 e. The highest BCUT2D eigenvalue weighted by Crippen LogP contribution is 2.43. The normalized spacial score (nSPS) is 17.7. The summed E-state index contributed by atoms with van der Waals surface area (Å²) < 4.78 is 16.0. The van der Waals surface area contributed by atoms with Crippen molar-refractivity contribution < 1.29 is 28.9 Å². The van der Waals surface area contributed by atoms with E-state index >= 15 is 0 Å². The Morgan fingerprint density at radius 3 is 2.19 bits per heavy atom. The number of ether oxygens (including phenoxy) is 3. The quantitative estimate of drug-likeness (QED) is 0.392. The number of ketones is 1. The molecule has 1 amide bonds. The van der Waals surface area contributed by atoms with Gasteiger partial charge in [0.05, 0.1) is 32.9 Å². The highest BCUT2D eigenvalue weighted by atomic mass is 16.5. The molecule has 2 aromatic carbocycles. The molecule has 0 radical (unpaired) electrons. The number of hydrogen-bond donors (Lipinski definition) is 1. The summed E-state index contributed by atoms with van der Waals surface area (Å²) in [5, 5.41) is 11.1. The Morgan fingerprint density at radius 1 is 0.968 bits per heavy atom. The van der Waals surface area contributed by atoms with Gasteiger partial charge in [-0.3, -0.25) is 9.59 Å². The standard InChI is InChI=1S/C24H27NO6/c1-5-6-13-25-21(18-12-11-17(30-3)14-19(18)31-4)20(23(27)24(25)28)22(26)15-7-9-16(29-2)10-8-15/h7-12,14,21,26H,5-6,13H2,1-4H3/b22-20+/t21-/m1/s1. The van der Waals surface area contributed by atoms with Crippen LogP contribution in [-0.4, -0.2) is 49.6 Å². The zero-order valence-corrected chi connectivity index (χ0v) is 18.2. The number of amides is 1. The molecule has 0 spiro atoms. The highest BCUT2D eigenvalue weighted by Gasteiger charge is 2.46. The smallest absolute Gasteiger partial charge is 0.295 e. The van der Waals surface area contributed by atoms with E-state index in [1.165, 1.54) is 12.0 Å². The van der Waals surface area contributed by atoms with Gasteiger partial charge in [0.1, 0.15) is 23.0 Å². The molecule has 1 aliphatic rings. The number of rotatable bonds is 8. The lowest BCUT2D eigenvalue weighted by Gasteiger charge is -2.26. The molecule has 1 saturated heterocycles. The first kappa shape index (κ1) is 22.2. The summed E-state index contributed by atoms with van der Waals surface area (Å²) in [6.07, 6.45) is 1.58. The number of unbranched alkanes of at least 4 members (excludes halogenated alkanes) is 1. The topological polar surface area (TPSA) is 85.3 Å². The summed E-state index contributed by atoms with van der Waals surface area (Å²) in [5.74, 6) is 0.0875. The Hall–Kier alpha value is -3.48. The second kappa shape index (κ2) is 9.55. The molecule has 0 bridgehead atoms. The van der Waals surface area contributed by atoms with E-state index in [-0.39, 0.29) is 11.3 Å². The molecule has 0 saturated carbocycles. The zero-order chi connectivity index (χ0) is 22.5. The van der Waals surface area contributed by atoms with Gasteiger partial charge in [0.2, 0.25) is 0 Å². The van der Waals surface area contributed by atoms with Crippen LogP contribution in [0.3, 0.4) is 0 Å². The fourth-order valence-corrected chi connectivity index (χ4v) is 3.71. The van der Waals surface area contributed by atoms with Gasteiger partial charge in [-0.25, -0.2) is 0 Å². The van der Waals surface area contributed by atoms with E-state index in [9.17, 15) is 14.7 Å². The molecule has 31 heavy (non-hydrogen) atoms. The fourth-order valence-electron chi connectivity index (χ4n) is 3.71. The number of aliphatic hydroxyl groups is 1. The van der Waals surface area contributed by atoms with Crippen LogP contribution in [0.5, 0.6) is 17.2 Å². The number of hydrogen-bond acceptors (Lipinski definition) is 6. The Kier molecular flexibility index (Phi) is 6.84. The second-order valence-electron chi connectivity index (χ2n) is 7.18. The van der Waals surface area contributed by atoms with Gasteiger partial charge in [-0.2, -0.15) is 0 Å². The maximum atomic E-state index is 13.0. The summed E-state index contributed by atoms with van der Waals surface area (Å²) in [6.45, 7) is 2.40. The molecule has 0 unspecified atom stereocenters. The molecule has 1 fully saturated rings. The van der Waals surface area contributed by atoms with E-state index in [2.05, 4.69) is 0 Å². The highest BCUT2D eigenvalue weighted by molar-refractivity contribution is 6.46. The van der Waals surface area contributed by atoms with Crippen LogP contribution in [0.4, 0.5) is 0 Å². The lowest BCUT2D eigenvalue weighted by molar-refractivity contribution is -0.139. The van der Waals surface area contributed by atoms with Crippen molar-refractivity contribution in [2.75, 3.05) is 27.9 Å². The van der Waals surface area contributed by atoms with Crippen LogP contribution in [0, 0.1) is 0 Å². The van der Waals surface area contributed by atoms with Gasteiger partial charge >= 0.3 is 0 Å². The third-order valence-corrected chi connectivity index (χ3v) is 5.39. The Balaban J connectivity index is 2.19. The van der Waals surface area contributed by atoms with E-state index in [0.717, 1.165) is 12.8 Å². The summed E-state index contributed by atoms with van der Waals surface area (Å²) in [5.41, 5.74) is 1.06. The molecule has 0 aromatic heterocycles. The number of aliphatic hydroxyl groups excluding tert-OH is 1. The monoisotopic (exact) mass is 425 g/mol. The van der Waals surface area contributed by atoms with Crippen molar-refractivity contribution in [1.29, 1.82) is 0 Å².